The number of rotatable bonds is 7. The van der Waals surface area contributed by atoms with Gasteiger partial charge in [-0.15, -0.1) is 16.4 Å². The molecule has 2 atom stereocenters. The van der Waals surface area contributed by atoms with Crippen molar-refractivity contribution in [1.82, 2.24) is 25.2 Å². The van der Waals surface area contributed by atoms with Crippen LogP contribution in [0.1, 0.15) is 51.4 Å². The monoisotopic (exact) mass is 508 g/mol. The highest BCUT2D eigenvalue weighted by Crippen LogP contribution is 2.29. The SMILES string of the molecule is CC[C@H](NC(=O)c1cc(-c2cc(C(=O)N[C@H]3CCOC3)c3nc(N)nn3c2)cs1)c1ccc(F)cc1. The molecule has 0 unspecified atom stereocenters. The van der Waals surface area contributed by atoms with Crippen molar-refractivity contribution in [1.29, 1.82) is 0 Å². The highest BCUT2D eigenvalue weighted by molar-refractivity contribution is 7.12. The van der Waals surface area contributed by atoms with Gasteiger partial charge in [0.25, 0.3) is 11.8 Å². The molecular weight excluding hydrogens is 483 g/mol. The Kier molecular flexibility index (Phi) is 6.66. The summed E-state index contributed by atoms with van der Waals surface area (Å²) in [6.07, 6.45) is 3.13. The van der Waals surface area contributed by atoms with Gasteiger partial charge < -0.3 is 21.1 Å². The third kappa shape index (κ3) is 4.93. The van der Waals surface area contributed by atoms with Gasteiger partial charge in [-0.1, -0.05) is 19.1 Å². The number of fused-ring (bicyclic) bond motifs is 1. The minimum Gasteiger partial charge on any atom is -0.379 e. The van der Waals surface area contributed by atoms with Crippen molar-refractivity contribution in [2.75, 3.05) is 18.9 Å². The summed E-state index contributed by atoms with van der Waals surface area (Å²) in [5, 5.41) is 12.0. The number of nitrogens with one attached hydrogen (secondary N) is 2. The highest BCUT2D eigenvalue weighted by atomic mass is 32.1. The van der Waals surface area contributed by atoms with E-state index < -0.39 is 0 Å². The largest absolute Gasteiger partial charge is 0.379 e. The Bertz CT molecular complexity index is 1410. The van der Waals surface area contributed by atoms with Crippen molar-refractivity contribution >= 4 is 34.7 Å². The molecule has 5 rings (SSSR count). The van der Waals surface area contributed by atoms with Gasteiger partial charge in [0.2, 0.25) is 5.95 Å². The summed E-state index contributed by atoms with van der Waals surface area (Å²) in [7, 11) is 0. The molecule has 0 saturated carbocycles. The Morgan fingerprint density at radius 3 is 2.78 bits per heavy atom. The molecule has 3 aromatic heterocycles. The Morgan fingerprint density at radius 2 is 2.06 bits per heavy atom. The number of carbonyl (C=O) groups is 2. The molecule has 9 nitrogen and oxygen atoms in total. The summed E-state index contributed by atoms with van der Waals surface area (Å²) < 4.78 is 20.1. The van der Waals surface area contributed by atoms with E-state index in [1.54, 1.807) is 30.5 Å². The Morgan fingerprint density at radius 1 is 1.25 bits per heavy atom. The maximum absolute atomic E-state index is 13.3. The van der Waals surface area contributed by atoms with Gasteiger partial charge in [-0.05, 0) is 53.6 Å². The molecule has 11 heteroatoms. The van der Waals surface area contributed by atoms with Crippen molar-refractivity contribution in [3.8, 4) is 11.1 Å². The second kappa shape index (κ2) is 10.0. The van der Waals surface area contributed by atoms with Gasteiger partial charge in [-0.3, -0.25) is 9.59 Å². The maximum Gasteiger partial charge on any atom is 0.261 e. The van der Waals surface area contributed by atoms with Crippen LogP contribution in [0.25, 0.3) is 16.8 Å². The molecule has 0 radical (unpaired) electrons. The average molecular weight is 509 g/mol. The second-order valence-corrected chi connectivity index (χ2v) is 9.51. The summed E-state index contributed by atoms with van der Waals surface area (Å²) in [4.78, 5) is 30.8. The van der Waals surface area contributed by atoms with Crippen molar-refractivity contribution in [3.05, 3.63) is 69.8 Å². The van der Waals surface area contributed by atoms with E-state index in [9.17, 15) is 14.0 Å². The predicted molar refractivity (Wildman–Crippen MR) is 134 cm³/mol. The van der Waals surface area contributed by atoms with Crippen LogP contribution >= 0.6 is 11.3 Å². The summed E-state index contributed by atoms with van der Waals surface area (Å²) in [6.45, 7) is 3.03. The smallest absolute Gasteiger partial charge is 0.261 e. The minimum absolute atomic E-state index is 0.0576. The van der Waals surface area contributed by atoms with E-state index in [1.165, 1.54) is 28.0 Å². The second-order valence-electron chi connectivity index (χ2n) is 8.60. The van der Waals surface area contributed by atoms with Crippen LogP contribution in [0.15, 0.2) is 48.0 Å². The average Bonchev–Trinajstić information content (AvgIpc) is 3.63. The molecule has 0 bridgehead atoms. The van der Waals surface area contributed by atoms with Gasteiger partial charge >= 0.3 is 0 Å². The number of ether oxygens (including phenoxy) is 1. The maximum atomic E-state index is 13.3. The molecule has 36 heavy (non-hydrogen) atoms. The number of anilines is 1. The number of halogens is 1. The van der Waals surface area contributed by atoms with Crippen LogP contribution in [0.5, 0.6) is 0 Å². The molecule has 1 saturated heterocycles. The lowest BCUT2D eigenvalue weighted by Gasteiger charge is -2.17. The number of benzene rings is 1. The third-order valence-corrected chi connectivity index (χ3v) is 7.03. The number of nitrogen functional groups attached to an aromatic ring is 1. The fraction of sp³-hybridized carbons (Fsp3) is 0.280. The molecule has 4 aromatic rings. The van der Waals surface area contributed by atoms with E-state index in [0.29, 0.717) is 41.3 Å². The van der Waals surface area contributed by atoms with Crippen molar-refractivity contribution in [2.45, 2.75) is 31.8 Å². The number of nitrogens with two attached hydrogens (primary N) is 1. The number of pyridine rings is 1. The first-order valence-electron chi connectivity index (χ1n) is 11.6. The lowest BCUT2D eigenvalue weighted by Crippen LogP contribution is -2.35. The molecule has 4 N–H and O–H groups in total. The molecule has 1 aliphatic heterocycles. The number of hydrogen-bond donors (Lipinski definition) is 3. The van der Waals surface area contributed by atoms with Crippen molar-refractivity contribution in [2.24, 2.45) is 0 Å². The zero-order valence-corrected chi connectivity index (χ0v) is 20.3. The first kappa shape index (κ1) is 23.9. The lowest BCUT2D eigenvalue weighted by molar-refractivity contribution is 0.0926. The fourth-order valence-electron chi connectivity index (χ4n) is 4.19. The van der Waals surface area contributed by atoms with E-state index in [4.69, 9.17) is 10.5 Å². The number of carbonyl (C=O) groups excluding carboxylic acids is 2. The quantitative estimate of drug-likeness (QED) is 0.351. The molecule has 1 aromatic carbocycles. The summed E-state index contributed by atoms with van der Waals surface area (Å²) in [5.74, 6) is -0.781. The predicted octanol–water partition coefficient (Wildman–Crippen LogP) is 3.58. The zero-order valence-electron chi connectivity index (χ0n) is 19.5. The number of amides is 2. The molecule has 2 amide bonds. The molecule has 0 aliphatic carbocycles. The zero-order chi connectivity index (χ0) is 25.2. The van der Waals surface area contributed by atoms with Gasteiger partial charge in [0.1, 0.15) is 5.82 Å². The van der Waals surface area contributed by atoms with Crippen LogP contribution in [-0.2, 0) is 4.74 Å². The van der Waals surface area contributed by atoms with Crippen LogP contribution in [0.3, 0.4) is 0 Å². The summed E-state index contributed by atoms with van der Waals surface area (Å²) >= 11 is 1.29. The van der Waals surface area contributed by atoms with E-state index >= 15 is 0 Å². The van der Waals surface area contributed by atoms with Crippen LogP contribution in [0.4, 0.5) is 10.3 Å². The molecule has 4 heterocycles. The fourth-order valence-corrected chi connectivity index (χ4v) is 5.01. The number of thiophene rings is 1. The summed E-state index contributed by atoms with van der Waals surface area (Å²) in [6, 6.07) is 9.30. The van der Waals surface area contributed by atoms with Gasteiger partial charge in [-0.2, -0.15) is 4.98 Å². The van der Waals surface area contributed by atoms with Gasteiger partial charge in [0, 0.05) is 18.4 Å². The Labute approximate surface area is 210 Å². The van der Waals surface area contributed by atoms with E-state index in [2.05, 4.69) is 20.7 Å². The first-order chi connectivity index (χ1) is 17.4. The molecule has 1 fully saturated rings. The topological polar surface area (TPSA) is 124 Å². The first-order valence-corrected chi connectivity index (χ1v) is 12.5. The lowest BCUT2D eigenvalue weighted by atomic mass is 10.0. The van der Waals surface area contributed by atoms with Crippen molar-refractivity contribution in [3.63, 3.8) is 0 Å². The normalized spacial score (nSPS) is 16.2. The van der Waals surface area contributed by atoms with Gasteiger partial charge in [0.05, 0.1) is 29.1 Å². The number of hydrogen-bond acceptors (Lipinski definition) is 7. The Hall–Kier alpha value is -3.83. The molecule has 1 aliphatic rings. The van der Waals surface area contributed by atoms with Gasteiger partial charge in [-0.25, -0.2) is 8.91 Å². The van der Waals surface area contributed by atoms with Crippen LogP contribution in [-0.4, -0.2) is 45.7 Å². The van der Waals surface area contributed by atoms with Crippen LogP contribution in [0, 0.1) is 5.82 Å². The third-order valence-electron chi connectivity index (χ3n) is 6.10. The highest BCUT2D eigenvalue weighted by Gasteiger charge is 2.23. The summed E-state index contributed by atoms with van der Waals surface area (Å²) in [5.41, 5.74) is 8.78. The Balaban J connectivity index is 1.40. The van der Waals surface area contributed by atoms with Crippen LogP contribution < -0.4 is 16.4 Å². The molecule has 186 valence electrons. The molecule has 0 spiro atoms. The van der Waals surface area contributed by atoms with E-state index in [1.807, 2.05) is 12.3 Å². The van der Waals surface area contributed by atoms with E-state index in [-0.39, 0.29) is 35.7 Å². The number of aromatic nitrogens is 3. The molecular formula is C25H25FN6O3S. The van der Waals surface area contributed by atoms with Crippen LogP contribution in [0.2, 0.25) is 0 Å². The minimum atomic E-state index is -0.321. The van der Waals surface area contributed by atoms with Gasteiger partial charge in [0.15, 0.2) is 5.65 Å². The van der Waals surface area contributed by atoms with E-state index in [0.717, 1.165) is 17.5 Å². The standard InChI is InChI=1S/C25H25FN6O3S/c1-2-20(14-3-5-17(26)6-4-14)29-24(34)21-10-16(13-36-21)15-9-19(22-30-25(27)31-32(22)11-15)23(33)28-18-7-8-35-12-18/h3-6,9-11,13,18,20H,2,7-8,12H2,1H3,(H2,27,31)(H,28,33)(H,29,34)/t18-,20-/m0/s1. The number of nitrogens with zero attached hydrogens (tertiary/aromatic N) is 3. The van der Waals surface area contributed by atoms with Crippen molar-refractivity contribution < 1.29 is 18.7 Å².